The second-order valence-corrected chi connectivity index (χ2v) is 4.15. The maximum absolute atomic E-state index is 10.9. The third-order valence-electron chi connectivity index (χ3n) is 2.14. The topological polar surface area (TPSA) is 57.6 Å². The third-order valence-corrected chi connectivity index (χ3v) is 2.14. The summed E-state index contributed by atoms with van der Waals surface area (Å²) in [5.41, 5.74) is 0. The molecule has 0 saturated carbocycles. The van der Waals surface area contributed by atoms with Crippen molar-refractivity contribution in [1.82, 2.24) is 4.90 Å². The molecule has 1 N–H and O–H groups in total. The van der Waals surface area contributed by atoms with Crippen LogP contribution in [0.15, 0.2) is 0 Å². The van der Waals surface area contributed by atoms with E-state index in [0.717, 1.165) is 0 Å². The fourth-order valence-corrected chi connectivity index (χ4v) is 1.02. The van der Waals surface area contributed by atoms with Crippen molar-refractivity contribution in [2.75, 3.05) is 40.8 Å². The van der Waals surface area contributed by atoms with E-state index in [4.69, 9.17) is 5.11 Å². The summed E-state index contributed by atoms with van der Waals surface area (Å²) in [4.78, 5) is 23.0. The SMILES string of the molecule is CC(=O)N(C)CC[N+](C)(C)CC(=O)O. The molecule has 0 aliphatic heterocycles. The molecular weight excluding hydrogens is 184 g/mol. The lowest BCUT2D eigenvalue weighted by Gasteiger charge is -2.29. The van der Waals surface area contributed by atoms with Crippen LogP contribution in [0.25, 0.3) is 0 Å². The minimum Gasteiger partial charge on any atom is -0.477 e. The number of carbonyl (C=O) groups is 2. The van der Waals surface area contributed by atoms with E-state index in [9.17, 15) is 9.59 Å². The number of nitrogens with zero attached hydrogens (tertiary/aromatic N) is 2. The average Bonchev–Trinajstić information content (AvgIpc) is 1.97. The second-order valence-electron chi connectivity index (χ2n) is 4.15. The first-order valence-electron chi connectivity index (χ1n) is 4.50. The maximum Gasteiger partial charge on any atom is 0.359 e. The van der Waals surface area contributed by atoms with E-state index in [1.807, 2.05) is 14.1 Å². The number of carbonyl (C=O) groups excluding carboxylic acids is 1. The number of hydrogen-bond donors (Lipinski definition) is 1. The van der Waals surface area contributed by atoms with Gasteiger partial charge in [-0.3, -0.25) is 4.79 Å². The molecule has 0 saturated heterocycles. The van der Waals surface area contributed by atoms with Gasteiger partial charge < -0.3 is 14.5 Å². The Hall–Kier alpha value is -1.10. The van der Waals surface area contributed by atoms with E-state index in [-0.39, 0.29) is 12.5 Å². The molecule has 0 aromatic rings. The van der Waals surface area contributed by atoms with Crippen LogP contribution in [0.3, 0.4) is 0 Å². The fourth-order valence-electron chi connectivity index (χ4n) is 1.02. The molecule has 0 fully saturated rings. The van der Waals surface area contributed by atoms with Crippen LogP contribution in [0, 0.1) is 0 Å². The molecule has 5 nitrogen and oxygen atoms in total. The molecule has 0 aliphatic rings. The highest BCUT2D eigenvalue weighted by atomic mass is 16.4. The normalized spacial score (nSPS) is 11.1. The Morgan fingerprint density at radius 1 is 1.36 bits per heavy atom. The number of rotatable bonds is 5. The summed E-state index contributed by atoms with van der Waals surface area (Å²) < 4.78 is 0.382. The lowest BCUT2D eigenvalue weighted by atomic mass is 10.4. The minimum absolute atomic E-state index is 0.000301. The largest absolute Gasteiger partial charge is 0.477 e. The lowest BCUT2D eigenvalue weighted by molar-refractivity contribution is -0.882. The zero-order valence-electron chi connectivity index (χ0n) is 9.28. The van der Waals surface area contributed by atoms with Gasteiger partial charge in [-0.1, -0.05) is 0 Å². The number of hydrogen-bond acceptors (Lipinski definition) is 2. The summed E-state index contributed by atoms with van der Waals surface area (Å²) in [6, 6.07) is 0. The van der Waals surface area contributed by atoms with Gasteiger partial charge in [0.15, 0.2) is 6.54 Å². The molecule has 0 aromatic heterocycles. The van der Waals surface area contributed by atoms with Gasteiger partial charge in [0.1, 0.15) is 0 Å². The highest BCUT2D eigenvalue weighted by Crippen LogP contribution is 1.97. The van der Waals surface area contributed by atoms with Gasteiger partial charge in [0.05, 0.1) is 27.2 Å². The molecule has 5 heteroatoms. The molecule has 0 atom stereocenters. The number of likely N-dealkylation sites (N-methyl/N-ethyl adjacent to an activating group) is 2. The summed E-state index contributed by atoms with van der Waals surface area (Å²) in [5, 5.41) is 8.63. The second kappa shape index (κ2) is 4.95. The van der Waals surface area contributed by atoms with Crippen LogP contribution < -0.4 is 0 Å². The molecule has 0 unspecified atom stereocenters. The Labute approximate surface area is 84.5 Å². The van der Waals surface area contributed by atoms with Crippen LogP contribution >= 0.6 is 0 Å². The predicted octanol–water partition coefficient (Wildman–Crippen LogP) is -0.374. The molecule has 14 heavy (non-hydrogen) atoms. The van der Waals surface area contributed by atoms with Crippen LogP contribution in [0.4, 0.5) is 0 Å². The van der Waals surface area contributed by atoms with Crippen molar-refractivity contribution in [3.63, 3.8) is 0 Å². The first-order valence-corrected chi connectivity index (χ1v) is 4.50. The molecule has 0 rings (SSSR count). The monoisotopic (exact) mass is 203 g/mol. The molecule has 1 amide bonds. The van der Waals surface area contributed by atoms with E-state index in [1.54, 1.807) is 11.9 Å². The molecule has 0 aromatic carbocycles. The van der Waals surface area contributed by atoms with E-state index < -0.39 is 5.97 Å². The van der Waals surface area contributed by atoms with Crippen molar-refractivity contribution in [1.29, 1.82) is 0 Å². The van der Waals surface area contributed by atoms with Crippen LogP contribution in [-0.4, -0.2) is 67.1 Å². The number of aliphatic carboxylic acids is 1. The first kappa shape index (κ1) is 12.9. The van der Waals surface area contributed by atoms with Crippen LogP contribution in [0.5, 0.6) is 0 Å². The van der Waals surface area contributed by atoms with Crippen molar-refractivity contribution >= 4 is 11.9 Å². The molecule has 0 bridgehead atoms. The van der Waals surface area contributed by atoms with Crippen molar-refractivity contribution < 1.29 is 19.2 Å². The van der Waals surface area contributed by atoms with Gasteiger partial charge in [-0.25, -0.2) is 4.79 Å². The Morgan fingerprint density at radius 3 is 2.21 bits per heavy atom. The number of carboxylic acids is 1. The van der Waals surface area contributed by atoms with Crippen molar-refractivity contribution in [3.8, 4) is 0 Å². The lowest BCUT2D eigenvalue weighted by Crippen LogP contribution is -2.48. The summed E-state index contributed by atoms with van der Waals surface area (Å²) in [6.45, 7) is 2.79. The fraction of sp³-hybridized carbons (Fsp3) is 0.778. The van der Waals surface area contributed by atoms with Gasteiger partial charge in [-0.05, 0) is 0 Å². The molecule has 82 valence electrons. The predicted molar refractivity (Wildman–Crippen MR) is 52.8 cm³/mol. The zero-order chi connectivity index (χ0) is 11.4. The Balaban J connectivity index is 3.98. The molecule has 0 heterocycles. The van der Waals surface area contributed by atoms with Crippen molar-refractivity contribution in [3.05, 3.63) is 0 Å². The standard InChI is InChI=1S/C9H18N2O3/c1-8(12)10(2)5-6-11(3,4)7-9(13)14/h5-7H2,1-4H3/p+1. The van der Waals surface area contributed by atoms with E-state index >= 15 is 0 Å². The summed E-state index contributed by atoms with van der Waals surface area (Å²) in [7, 11) is 5.38. The summed E-state index contributed by atoms with van der Waals surface area (Å²) in [6.07, 6.45) is 0. The van der Waals surface area contributed by atoms with E-state index in [1.165, 1.54) is 6.92 Å². The van der Waals surface area contributed by atoms with Crippen LogP contribution in [-0.2, 0) is 9.59 Å². The molecule has 0 spiro atoms. The average molecular weight is 203 g/mol. The van der Waals surface area contributed by atoms with Crippen molar-refractivity contribution in [2.45, 2.75) is 6.92 Å². The van der Waals surface area contributed by atoms with Gasteiger partial charge in [0.25, 0.3) is 0 Å². The molecule has 0 radical (unpaired) electrons. The summed E-state index contributed by atoms with van der Waals surface area (Å²) >= 11 is 0. The van der Waals surface area contributed by atoms with Gasteiger partial charge in [0.2, 0.25) is 5.91 Å². The van der Waals surface area contributed by atoms with Gasteiger partial charge in [0, 0.05) is 14.0 Å². The van der Waals surface area contributed by atoms with Gasteiger partial charge in [-0.15, -0.1) is 0 Å². The smallest absolute Gasteiger partial charge is 0.359 e. The third kappa shape index (κ3) is 5.53. The summed E-state index contributed by atoms with van der Waals surface area (Å²) in [5.74, 6) is -0.819. The number of quaternary nitrogens is 1. The quantitative estimate of drug-likeness (QED) is 0.620. The first-order chi connectivity index (χ1) is 6.24. The Morgan fingerprint density at radius 2 is 1.86 bits per heavy atom. The number of amides is 1. The van der Waals surface area contributed by atoms with Crippen LogP contribution in [0.1, 0.15) is 6.92 Å². The van der Waals surface area contributed by atoms with Crippen molar-refractivity contribution in [2.24, 2.45) is 0 Å². The van der Waals surface area contributed by atoms with Gasteiger partial charge >= 0.3 is 5.97 Å². The van der Waals surface area contributed by atoms with E-state index in [2.05, 4.69) is 0 Å². The van der Waals surface area contributed by atoms with E-state index in [0.29, 0.717) is 17.6 Å². The van der Waals surface area contributed by atoms with Crippen LogP contribution in [0.2, 0.25) is 0 Å². The molecule has 0 aliphatic carbocycles. The maximum atomic E-state index is 10.9. The highest BCUT2D eigenvalue weighted by molar-refractivity contribution is 5.72. The van der Waals surface area contributed by atoms with Gasteiger partial charge in [-0.2, -0.15) is 0 Å². The minimum atomic E-state index is -0.819. The molecular formula is C9H19N2O3+. The zero-order valence-corrected chi connectivity index (χ0v) is 9.28. The Kier molecular flexibility index (Phi) is 4.56. The highest BCUT2D eigenvalue weighted by Gasteiger charge is 2.20. The number of carboxylic acid groups (broad SMARTS) is 1. The Bertz CT molecular complexity index is 226.